The van der Waals surface area contributed by atoms with Crippen LogP contribution in [0.15, 0.2) is 48.5 Å². The highest BCUT2D eigenvalue weighted by molar-refractivity contribution is 6.30. The number of carboxylic acid groups (broad SMARTS) is 2. The summed E-state index contributed by atoms with van der Waals surface area (Å²) in [6.07, 6.45) is -9.74. The standard InChI is InChI=1S/C23H25ClO10/c1-23(2,22(30)31)34-14-9-5-12(6-10-14)18(11-3-7-13(24)8-4-11)32-21-17(27)15(25)16(26)19(33-21)20(28)29/h3-10,15-19,21,25-27H,1-2H3,(H,28,29)(H,30,31)/t15-,16-,17-,18-,19+,21+/m1/s1. The van der Waals surface area contributed by atoms with Crippen LogP contribution in [0.5, 0.6) is 5.75 Å². The molecular formula is C23H25ClO10. The van der Waals surface area contributed by atoms with E-state index in [1.54, 1.807) is 36.4 Å². The predicted octanol–water partition coefficient (Wildman–Crippen LogP) is 1.58. The lowest BCUT2D eigenvalue weighted by Gasteiger charge is -2.40. The average Bonchev–Trinajstić information content (AvgIpc) is 2.78. The zero-order valence-corrected chi connectivity index (χ0v) is 19.0. The molecule has 2 aromatic carbocycles. The van der Waals surface area contributed by atoms with Gasteiger partial charge in [-0.3, -0.25) is 0 Å². The number of hydrogen-bond acceptors (Lipinski definition) is 8. The van der Waals surface area contributed by atoms with E-state index in [9.17, 15) is 35.1 Å². The number of aliphatic carboxylic acids is 2. The molecule has 0 radical (unpaired) electrons. The molecule has 10 nitrogen and oxygen atoms in total. The van der Waals surface area contributed by atoms with Gasteiger partial charge in [0.2, 0.25) is 0 Å². The van der Waals surface area contributed by atoms with Gasteiger partial charge in [0.05, 0.1) is 0 Å². The molecule has 11 heteroatoms. The number of carbonyl (C=O) groups is 2. The first-order chi connectivity index (χ1) is 15.9. The molecule has 0 saturated carbocycles. The summed E-state index contributed by atoms with van der Waals surface area (Å²) in [6, 6.07) is 12.8. The van der Waals surface area contributed by atoms with Crippen LogP contribution in [0, 0.1) is 0 Å². The minimum absolute atomic E-state index is 0.282. The summed E-state index contributed by atoms with van der Waals surface area (Å²) >= 11 is 5.98. The first-order valence-corrected chi connectivity index (χ1v) is 10.6. The smallest absolute Gasteiger partial charge is 0.347 e. The monoisotopic (exact) mass is 496 g/mol. The summed E-state index contributed by atoms with van der Waals surface area (Å²) in [6.45, 7) is 2.81. The van der Waals surface area contributed by atoms with Crippen LogP contribution >= 0.6 is 11.6 Å². The van der Waals surface area contributed by atoms with E-state index in [1.807, 2.05) is 0 Å². The van der Waals surface area contributed by atoms with Crippen LogP contribution < -0.4 is 4.74 Å². The molecule has 1 fully saturated rings. The summed E-state index contributed by atoms with van der Waals surface area (Å²) in [5.74, 6) is -2.39. The number of rotatable bonds is 8. The Kier molecular flexibility index (Phi) is 7.81. The molecule has 0 aromatic heterocycles. The number of benzene rings is 2. The van der Waals surface area contributed by atoms with E-state index in [-0.39, 0.29) is 5.75 Å². The highest BCUT2D eigenvalue weighted by atomic mass is 35.5. The number of carboxylic acids is 2. The van der Waals surface area contributed by atoms with Gasteiger partial charge in [-0.15, -0.1) is 0 Å². The fourth-order valence-electron chi connectivity index (χ4n) is 3.33. The molecule has 0 unspecified atom stereocenters. The van der Waals surface area contributed by atoms with Crippen LogP contribution in [0.1, 0.15) is 31.1 Å². The lowest BCUT2D eigenvalue weighted by molar-refractivity contribution is -0.302. The Bertz CT molecular complexity index is 1010. The van der Waals surface area contributed by atoms with Gasteiger partial charge >= 0.3 is 11.9 Å². The van der Waals surface area contributed by atoms with Crippen LogP contribution in [0.3, 0.4) is 0 Å². The van der Waals surface area contributed by atoms with Gasteiger partial charge in [-0.2, -0.15) is 0 Å². The van der Waals surface area contributed by atoms with E-state index in [2.05, 4.69) is 0 Å². The minimum atomic E-state index is -1.85. The number of aliphatic hydroxyl groups is 3. The maximum Gasteiger partial charge on any atom is 0.347 e. The molecule has 34 heavy (non-hydrogen) atoms. The van der Waals surface area contributed by atoms with Crippen molar-refractivity contribution >= 4 is 23.5 Å². The van der Waals surface area contributed by atoms with E-state index in [4.69, 9.17) is 25.8 Å². The van der Waals surface area contributed by atoms with Crippen molar-refractivity contribution in [3.05, 3.63) is 64.7 Å². The van der Waals surface area contributed by atoms with Gasteiger partial charge in [0.15, 0.2) is 18.0 Å². The Balaban J connectivity index is 1.91. The van der Waals surface area contributed by atoms with Crippen LogP contribution in [0.2, 0.25) is 5.02 Å². The molecule has 1 aliphatic heterocycles. The molecule has 1 heterocycles. The average molecular weight is 497 g/mol. The second-order valence-corrected chi connectivity index (χ2v) is 8.73. The van der Waals surface area contributed by atoms with E-state index < -0.39 is 54.3 Å². The second-order valence-electron chi connectivity index (χ2n) is 8.29. The van der Waals surface area contributed by atoms with Crippen molar-refractivity contribution in [3.8, 4) is 5.75 Å². The number of aliphatic hydroxyl groups excluding tert-OH is 3. The maximum absolute atomic E-state index is 11.4. The fraction of sp³-hybridized carbons (Fsp3) is 0.391. The Morgan fingerprint density at radius 1 is 0.912 bits per heavy atom. The highest BCUT2D eigenvalue weighted by Gasteiger charge is 2.48. The third-order valence-electron chi connectivity index (χ3n) is 5.33. The number of ether oxygens (including phenoxy) is 3. The molecule has 0 spiro atoms. The molecule has 1 aliphatic rings. The summed E-state index contributed by atoms with van der Waals surface area (Å²) in [5, 5.41) is 49.4. The molecule has 3 rings (SSSR count). The fourth-order valence-corrected chi connectivity index (χ4v) is 3.46. The van der Waals surface area contributed by atoms with E-state index in [0.29, 0.717) is 16.1 Å². The molecule has 0 aliphatic carbocycles. The normalized spacial score (nSPS) is 26.0. The zero-order chi connectivity index (χ0) is 25.2. The Morgan fingerprint density at radius 2 is 1.44 bits per heavy atom. The maximum atomic E-state index is 11.4. The summed E-state index contributed by atoms with van der Waals surface area (Å²) in [7, 11) is 0. The Hall–Kier alpha value is -2.73. The third kappa shape index (κ3) is 5.66. The number of halogens is 1. The molecule has 0 amide bonds. The molecule has 2 aromatic rings. The van der Waals surface area contributed by atoms with E-state index in [0.717, 1.165) is 0 Å². The minimum Gasteiger partial charge on any atom is -0.479 e. The first-order valence-electron chi connectivity index (χ1n) is 10.3. The summed E-state index contributed by atoms with van der Waals surface area (Å²) < 4.78 is 16.7. The Labute approximate surface area is 199 Å². The summed E-state index contributed by atoms with van der Waals surface area (Å²) in [5.41, 5.74) is -0.380. The van der Waals surface area contributed by atoms with Gasteiger partial charge in [0.25, 0.3) is 0 Å². The van der Waals surface area contributed by atoms with Gasteiger partial charge < -0.3 is 39.7 Å². The molecule has 0 bridgehead atoms. The lowest BCUT2D eigenvalue weighted by Crippen LogP contribution is -2.60. The van der Waals surface area contributed by atoms with Crippen molar-refractivity contribution in [1.29, 1.82) is 0 Å². The van der Waals surface area contributed by atoms with Crippen LogP contribution in [-0.2, 0) is 19.1 Å². The largest absolute Gasteiger partial charge is 0.479 e. The van der Waals surface area contributed by atoms with Gasteiger partial charge in [-0.05, 0) is 49.2 Å². The van der Waals surface area contributed by atoms with Gasteiger partial charge in [-0.1, -0.05) is 35.9 Å². The SMILES string of the molecule is CC(C)(Oc1ccc([C@H](O[C@H]2O[C@H](C(=O)O)[C@H](O)[C@@H](O)[C@H]2O)c2ccc(Cl)cc2)cc1)C(=O)O. The van der Waals surface area contributed by atoms with Crippen molar-refractivity contribution in [3.63, 3.8) is 0 Å². The molecule has 184 valence electrons. The van der Waals surface area contributed by atoms with Gasteiger partial charge in [0.1, 0.15) is 30.2 Å². The molecule has 5 N–H and O–H groups in total. The quantitative estimate of drug-likeness (QED) is 0.362. The van der Waals surface area contributed by atoms with Crippen molar-refractivity contribution in [2.45, 2.75) is 56.3 Å². The van der Waals surface area contributed by atoms with Gasteiger partial charge in [0, 0.05) is 5.02 Å². The number of hydrogen-bond donors (Lipinski definition) is 5. The van der Waals surface area contributed by atoms with Crippen LogP contribution in [0.4, 0.5) is 0 Å². The van der Waals surface area contributed by atoms with E-state index >= 15 is 0 Å². The zero-order valence-electron chi connectivity index (χ0n) is 18.2. The van der Waals surface area contributed by atoms with Crippen LogP contribution in [-0.4, -0.2) is 73.8 Å². The highest BCUT2D eigenvalue weighted by Crippen LogP contribution is 2.33. The summed E-state index contributed by atoms with van der Waals surface area (Å²) in [4.78, 5) is 22.7. The van der Waals surface area contributed by atoms with Crippen molar-refractivity contribution in [2.75, 3.05) is 0 Å². The first kappa shape index (κ1) is 25.9. The Morgan fingerprint density at radius 3 is 1.94 bits per heavy atom. The molecule has 6 atom stereocenters. The van der Waals surface area contributed by atoms with Crippen LogP contribution in [0.25, 0.3) is 0 Å². The van der Waals surface area contributed by atoms with Crippen molar-refractivity contribution in [2.24, 2.45) is 0 Å². The van der Waals surface area contributed by atoms with Crippen molar-refractivity contribution in [1.82, 2.24) is 0 Å². The second kappa shape index (κ2) is 10.3. The topological polar surface area (TPSA) is 163 Å². The third-order valence-corrected chi connectivity index (χ3v) is 5.58. The lowest BCUT2D eigenvalue weighted by atomic mass is 9.97. The molecular weight excluding hydrogens is 472 g/mol. The van der Waals surface area contributed by atoms with Crippen molar-refractivity contribution < 1.29 is 49.3 Å². The van der Waals surface area contributed by atoms with Gasteiger partial charge in [-0.25, -0.2) is 9.59 Å². The predicted molar refractivity (Wildman–Crippen MR) is 117 cm³/mol. The molecule has 1 saturated heterocycles. The van der Waals surface area contributed by atoms with E-state index in [1.165, 1.54) is 26.0 Å².